The molecule has 0 amide bonds. The van der Waals surface area contributed by atoms with E-state index in [2.05, 4.69) is 22.5 Å². The first-order valence-electron chi connectivity index (χ1n) is 9.61. The summed E-state index contributed by atoms with van der Waals surface area (Å²) in [7, 11) is 3.28. The molecule has 0 aliphatic heterocycles. The Balaban J connectivity index is 0.00000364. The van der Waals surface area contributed by atoms with E-state index in [1.54, 1.807) is 14.2 Å². The predicted molar refractivity (Wildman–Crippen MR) is 121 cm³/mol. The Hall–Kier alpha value is -1.22. The highest BCUT2D eigenvalue weighted by atomic mass is 127. The Labute approximate surface area is 180 Å². The molecule has 0 radical (unpaired) electrons. The summed E-state index contributed by atoms with van der Waals surface area (Å²) >= 11 is 0. The van der Waals surface area contributed by atoms with Gasteiger partial charge in [-0.3, -0.25) is 0 Å². The van der Waals surface area contributed by atoms with Gasteiger partial charge in [0.25, 0.3) is 0 Å². The third-order valence-electron chi connectivity index (χ3n) is 4.48. The van der Waals surface area contributed by atoms with Crippen molar-refractivity contribution in [3.63, 3.8) is 0 Å². The Morgan fingerprint density at radius 2 is 1.85 bits per heavy atom. The topological polar surface area (TPSA) is 64.1 Å². The van der Waals surface area contributed by atoms with Gasteiger partial charge in [-0.2, -0.15) is 0 Å². The average molecular weight is 491 g/mol. The van der Waals surface area contributed by atoms with Crippen molar-refractivity contribution in [3.8, 4) is 11.5 Å². The van der Waals surface area contributed by atoms with Crippen LogP contribution in [0.4, 0.5) is 0 Å². The summed E-state index contributed by atoms with van der Waals surface area (Å²) in [6.45, 7) is 5.14. The largest absolute Gasteiger partial charge is 0.493 e. The van der Waals surface area contributed by atoms with Crippen molar-refractivity contribution < 1.29 is 14.2 Å². The van der Waals surface area contributed by atoms with Crippen LogP contribution in [0.15, 0.2) is 23.2 Å². The highest BCUT2D eigenvalue weighted by molar-refractivity contribution is 14.0. The van der Waals surface area contributed by atoms with E-state index in [0.29, 0.717) is 12.6 Å². The molecule has 1 saturated carbocycles. The zero-order valence-electron chi connectivity index (χ0n) is 16.8. The molecule has 0 atom stereocenters. The van der Waals surface area contributed by atoms with Crippen molar-refractivity contribution in [2.45, 2.75) is 51.7 Å². The van der Waals surface area contributed by atoms with Crippen molar-refractivity contribution in [3.05, 3.63) is 23.8 Å². The van der Waals surface area contributed by atoms with Gasteiger partial charge in [0, 0.05) is 19.7 Å². The third-order valence-corrected chi connectivity index (χ3v) is 4.48. The minimum absolute atomic E-state index is 0. The monoisotopic (exact) mass is 491 g/mol. The molecular formula is C20H34IN3O3. The van der Waals surface area contributed by atoms with Crippen LogP contribution in [0.2, 0.25) is 0 Å². The molecule has 0 spiro atoms. The molecule has 1 aromatic rings. The van der Waals surface area contributed by atoms with Gasteiger partial charge in [-0.15, -0.1) is 24.0 Å². The fourth-order valence-corrected chi connectivity index (χ4v) is 3.08. The van der Waals surface area contributed by atoms with E-state index in [-0.39, 0.29) is 24.0 Å². The smallest absolute Gasteiger partial charge is 0.191 e. The molecule has 7 heteroatoms. The van der Waals surface area contributed by atoms with Gasteiger partial charge < -0.3 is 24.8 Å². The maximum atomic E-state index is 5.90. The highest BCUT2D eigenvalue weighted by Gasteiger charge is 2.14. The lowest BCUT2D eigenvalue weighted by molar-refractivity contribution is 0.0574. The van der Waals surface area contributed by atoms with Crippen molar-refractivity contribution in [1.29, 1.82) is 0 Å². The summed E-state index contributed by atoms with van der Waals surface area (Å²) in [5, 5.41) is 6.65. The average Bonchev–Trinajstić information content (AvgIpc) is 3.19. The molecule has 0 bridgehead atoms. The molecule has 0 unspecified atom stereocenters. The van der Waals surface area contributed by atoms with Crippen LogP contribution in [0.3, 0.4) is 0 Å². The molecule has 6 nitrogen and oxygen atoms in total. The second-order valence-corrected chi connectivity index (χ2v) is 6.44. The molecule has 0 saturated heterocycles. The number of hydrogen-bond donors (Lipinski definition) is 2. The molecule has 0 heterocycles. The van der Waals surface area contributed by atoms with E-state index >= 15 is 0 Å². The number of nitrogens with one attached hydrogen (secondary N) is 2. The number of rotatable bonds is 10. The van der Waals surface area contributed by atoms with Crippen molar-refractivity contribution in [2.75, 3.05) is 33.9 Å². The third kappa shape index (κ3) is 8.55. The summed E-state index contributed by atoms with van der Waals surface area (Å²) in [6, 6.07) is 5.87. The van der Waals surface area contributed by atoms with Crippen LogP contribution >= 0.6 is 24.0 Å². The highest BCUT2D eigenvalue weighted by Crippen LogP contribution is 2.27. The minimum Gasteiger partial charge on any atom is -0.493 e. The van der Waals surface area contributed by atoms with E-state index in [1.807, 2.05) is 18.2 Å². The molecule has 1 aliphatic carbocycles. The number of guanidine groups is 1. The number of aliphatic imine (C=N–C) groups is 1. The van der Waals surface area contributed by atoms with Gasteiger partial charge in [0.1, 0.15) is 0 Å². The van der Waals surface area contributed by atoms with E-state index in [9.17, 15) is 0 Å². The van der Waals surface area contributed by atoms with Crippen LogP contribution in [0, 0.1) is 0 Å². The maximum Gasteiger partial charge on any atom is 0.191 e. The quantitative estimate of drug-likeness (QED) is 0.226. The fourth-order valence-electron chi connectivity index (χ4n) is 3.08. The van der Waals surface area contributed by atoms with Crippen LogP contribution in [0.1, 0.15) is 44.6 Å². The van der Waals surface area contributed by atoms with Gasteiger partial charge in [-0.25, -0.2) is 4.99 Å². The first kappa shape index (κ1) is 23.8. The maximum absolute atomic E-state index is 5.90. The lowest BCUT2D eigenvalue weighted by Crippen LogP contribution is -2.38. The zero-order valence-corrected chi connectivity index (χ0v) is 19.1. The zero-order chi connectivity index (χ0) is 18.6. The molecule has 154 valence electrons. The van der Waals surface area contributed by atoms with Crippen LogP contribution in [-0.4, -0.2) is 46.0 Å². The Morgan fingerprint density at radius 1 is 1.11 bits per heavy atom. The van der Waals surface area contributed by atoms with Crippen LogP contribution in [-0.2, 0) is 11.3 Å². The lowest BCUT2D eigenvalue weighted by Gasteiger charge is -2.13. The van der Waals surface area contributed by atoms with Crippen molar-refractivity contribution in [2.24, 2.45) is 4.99 Å². The fraction of sp³-hybridized carbons (Fsp3) is 0.650. The minimum atomic E-state index is 0. The van der Waals surface area contributed by atoms with E-state index in [0.717, 1.165) is 49.1 Å². The van der Waals surface area contributed by atoms with Crippen LogP contribution in [0.5, 0.6) is 11.5 Å². The van der Waals surface area contributed by atoms with Gasteiger partial charge in [0.15, 0.2) is 17.5 Å². The van der Waals surface area contributed by atoms with Gasteiger partial charge in [-0.1, -0.05) is 18.9 Å². The second-order valence-electron chi connectivity index (χ2n) is 6.44. The second kappa shape index (κ2) is 13.9. The number of methoxy groups -OCH3 is 2. The normalized spacial score (nSPS) is 14.6. The standard InChI is InChI=1S/C20H33N3O3.HI/c1-4-21-20(22-12-7-13-26-17-8-5-6-9-17)23-15-16-10-11-18(24-2)19(14-16)25-3;/h10-11,14,17H,4-9,12-13,15H2,1-3H3,(H2,21,22,23);1H. The lowest BCUT2D eigenvalue weighted by atomic mass is 10.2. The SMILES string of the molecule is CCNC(=NCc1ccc(OC)c(OC)c1)NCCCOC1CCCC1.I. The predicted octanol–water partition coefficient (Wildman–Crippen LogP) is 3.73. The van der Waals surface area contributed by atoms with Gasteiger partial charge in [0.2, 0.25) is 0 Å². The van der Waals surface area contributed by atoms with Crippen molar-refractivity contribution >= 4 is 29.9 Å². The van der Waals surface area contributed by atoms with Crippen LogP contribution < -0.4 is 20.1 Å². The molecule has 1 aliphatic rings. The van der Waals surface area contributed by atoms with Crippen molar-refractivity contribution in [1.82, 2.24) is 10.6 Å². The Bertz CT molecular complexity index is 563. The molecule has 27 heavy (non-hydrogen) atoms. The summed E-state index contributed by atoms with van der Waals surface area (Å²) in [5.41, 5.74) is 1.07. The Kier molecular flexibility index (Phi) is 12.2. The molecule has 1 aromatic carbocycles. The molecule has 2 N–H and O–H groups in total. The first-order chi connectivity index (χ1) is 12.8. The number of halogens is 1. The van der Waals surface area contributed by atoms with E-state index in [1.165, 1.54) is 25.7 Å². The molecule has 0 aromatic heterocycles. The molecule has 2 rings (SSSR count). The van der Waals surface area contributed by atoms with Gasteiger partial charge in [0.05, 0.1) is 26.9 Å². The number of hydrogen-bond acceptors (Lipinski definition) is 4. The van der Waals surface area contributed by atoms with Crippen LogP contribution in [0.25, 0.3) is 0 Å². The molecular weight excluding hydrogens is 457 g/mol. The van der Waals surface area contributed by atoms with Gasteiger partial charge in [-0.05, 0) is 43.9 Å². The van der Waals surface area contributed by atoms with E-state index < -0.39 is 0 Å². The molecule has 1 fully saturated rings. The van der Waals surface area contributed by atoms with E-state index in [4.69, 9.17) is 14.2 Å². The number of benzene rings is 1. The summed E-state index contributed by atoms with van der Waals surface area (Å²) in [4.78, 5) is 4.65. The van der Waals surface area contributed by atoms with Gasteiger partial charge >= 0.3 is 0 Å². The Morgan fingerprint density at radius 3 is 2.52 bits per heavy atom. The summed E-state index contributed by atoms with van der Waals surface area (Å²) in [5.74, 6) is 2.28. The number of nitrogens with zero attached hydrogens (tertiary/aromatic N) is 1. The summed E-state index contributed by atoms with van der Waals surface area (Å²) < 4.78 is 16.5. The first-order valence-corrected chi connectivity index (χ1v) is 9.61. The summed E-state index contributed by atoms with van der Waals surface area (Å²) in [6.07, 6.45) is 6.55. The number of ether oxygens (including phenoxy) is 3.